The summed E-state index contributed by atoms with van der Waals surface area (Å²) in [6.45, 7) is 1.74. The summed E-state index contributed by atoms with van der Waals surface area (Å²) in [7, 11) is 6.46. The number of hydrogen-bond acceptors (Lipinski definition) is 4. The maximum atomic E-state index is 8.33. The van der Waals surface area contributed by atoms with Gasteiger partial charge in [-0.15, -0.1) is 11.6 Å². The Balaban J connectivity index is 0. The molecule has 0 amide bonds. The monoisotopic (exact) mass is 415 g/mol. The second-order valence-electron chi connectivity index (χ2n) is 4.89. The lowest BCUT2D eigenvalue weighted by Gasteiger charge is -2.23. The Labute approximate surface area is 141 Å². The van der Waals surface area contributed by atoms with Crippen LogP contribution in [0.15, 0.2) is 24.3 Å². The fourth-order valence-corrected chi connectivity index (χ4v) is 1.29. The Morgan fingerprint density at radius 2 is 1.65 bits per heavy atom. The second-order valence-corrected chi connectivity index (χ2v) is 5.16. The first kappa shape index (κ1) is 21.6. The molecule has 0 atom stereocenters. The number of rotatable bonds is 5. The van der Waals surface area contributed by atoms with Gasteiger partial charge >= 0.3 is 0 Å². The zero-order chi connectivity index (χ0) is 14.9. The summed E-state index contributed by atoms with van der Waals surface area (Å²) in [6.07, 6.45) is -2.33. The minimum atomic E-state index is -2.33. The first-order chi connectivity index (χ1) is 8.74. The molecule has 1 rings (SSSR count). The molecule has 0 unspecified atom stereocenters. The lowest BCUT2D eigenvalue weighted by Crippen LogP contribution is -3.00. The van der Waals surface area contributed by atoms with Crippen LogP contribution in [0.1, 0.15) is 5.56 Å². The van der Waals surface area contributed by atoms with E-state index in [1.165, 1.54) is 0 Å². The number of carbonyl (C=O) groups is 1. The quantitative estimate of drug-likeness (QED) is 0.293. The van der Waals surface area contributed by atoms with Crippen LogP contribution in [0.4, 0.5) is 4.79 Å². The third-order valence-corrected chi connectivity index (χ3v) is 2.42. The van der Waals surface area contributed by atoms with Crippen molar-refractivity contribution in [2.45, 2.75) is 5.88 Å². The molecule has 20 heavy (non-hydrogen) atoms. The van der Waals surface area contributed by atoms with Gasteiger partial charge < -0.3 is 48.2 Å². The van der Waals surface area contributed by atoms with Crippen molar-refractivity contribution in [1.29, 1.82) is 0 Å². The lowest BCUT2D eigenvalue weighted by molar-refractivity contribution is -0.870. The van der Waals surface area contributed by atoms with Gasteiger partial charge in [0.1, 0.15) is 18.9 Å². The average Bonchev–Trinajstić information content (AvgIpc) is 2.27. The topological polar surface area (TPSA) is 72.4 Å². The van der Waals surface area contributed by atoms with Crippen LogP contribution in [0.25, 0.3) is 0 Å². The van der Waals surface area contributed by atoms with Crippen LogP contribution in [0.5, 0.6) is 5.75 Å². The highest BCUT2D eigenvalue weighted by molar-refractivity contribution is 6.17. The Morgan fingerprint density at radius 1 is 1.20 bits per heavy atom. The minimum Gasteiger partial charge on any atom is -1.00 e. The minimum absolute atomic E-state index is 0. The number of nitrogens with zero attached hydrogens (tertiary/aromatic N) is 1. The number of benzene rings is 1. The Kier molecular flexibility index (Phi) is 11.8. The molecule has 1 aromatic rings. The molecule has 0 radical (unpaired) electrons. The molecule has 0 bridgehead atoms. The number of halogens is 2. The van der Waals surface area contributed by atoms with E-state index in [0.29, 0.717) is 5.88 Å². The van der Waals surface area contributed by atoms with Crippen molar-refractivity contribution in [3.05, 3.63) is 29.8 Å². The molecule has 0 N–H and O–H groups in total. The molecule has 0 aliphatic carbocycles. The predicted molar refractivity (Wildman–Crippen MR) is 69.8 cm³/mol. The van der Waals surface area contributed by atoms with Gasteiger partial charge in [0.05, 0.1) is 21.1 Å². The Bertz CT molecular complexity index is 375. The highest BCUT2D eigenvalue weighted by Crippen LogP contribution is 2.13. The molecule has 0 saturated carbocycles. The van der Waals surface area contributed by atoms with Crippen LogP contribution in [0, 0.1) is 0 Å². The molecule has 7 heteroatoms. The Hall–Kier alpha value is -0.730. The van der Waals surface area contributed by atoms with Crippen molar-refractivity contribution in [3.63, 3.8) is 0 Å². The van der Waals surface area contributed by atoms with Crippen molar-refractivity contribution >= 4 is 17.8 Å². The van der Waals surface area contributed by atoms with Crippen LogP contribution in [0.3, 0.4) is 0 Å². The van der Waals surface area contributed by atoms with Crippen LogP contribution >= 0.6 is 11.6 Å². The van der Waals surface area contributed by atoms with Crippen molar-refractivity contribution in [2.75, 3.05) is 34.3 Å². The molecule has 0 aliphatic heterocycles. The van der Waals surface area contributed by atoms with E-state index in [-0.39, 0.29) is 24.0 Å². The number of alkyl halides is 1. The first-order valence-electron chi connectivity index (χ1n) is 5.71. The highest BCUT2D eigenvalue weighted by Gasteiger charge is 2.06. The molecular weight excluding hydrogens is 397 g/mol. The largest absolute Gasteiger partial charge is 1.00 e. The third-order valence-electron chi connectivity index (χ3n) is 2.11. The van der Waals surface area contributed by atoms with Gasteiger partial charge in [0.2, 0.25) is 0 Å². The molecule has 0 aromatic heterocycles. The smallest absolute Gasteiger partial charge is 0.137 e. The molecule has 0 saturated heterocycles. The molecule has 1 aromatic carbocycles. The summed E-state index contributed by atoms with van der Waals surface area (Å²) < 4.78 is 6.54. The number of carbonyl (C=O) groups excluding carboxylic acids is 1. The van der Waals surface area contributed by atoms with Crippen molar-refractivity contribution < 1.29 is 48.2 Å². The van der Waals surface area contributed by atoms with Gasteiger partial charge in [0.25, 0.3) is 0 Å². The maximum absolute atomic E-state index is 8.33. The van der Waals surface area contributed by atoms with Crippen LogP contribution in [0.2, 0.25) is 0 Å². The number of likely N-dealkylation sites (N-methyl/N-ethyl adjacent to an activating group) is 1. The summed E-state index contributed by atoms with van der Waals surface area (Å²) in [6, 6.07) is 7.92. The zero-order valence-electron chi connectivity index (χ0n) is 11.8. The van der Waals surface area contributed by atoms with Crippen molar-refractivity contribution in [1.82, 2.24) is 0 Å². The van der Waals surface area contributed by atoms with Crippen LogP contribution in [-0.4, -0.2) is 44.9 Å². The zero-order valence-corrected chi connectivity index (χ0v) is 14.7. The van der Waals surface area contributed by atoms with E-state index in [2.05, 4.69) is 21.1 Å². The fraction of sp³-hybridized carbons (Fsp3) is 0.462. The standard InChI is InChI=1S/C12H19ClNO.CH2O3.HI/c1-14(2,3)8-9-15-12-6-4-11(10-13)5-7-12;2-1(3)4;/h4-7H,8-10H2,1-3H3;(H2,2,3,4);1H/q+1;;/p-3. The Morgan fingerprint density at radius 3 is 2.00 bits per heavy atom. The molecule has 0 fully saturated rings. The van der Waals surface area contributed by atoms with Gasteiger partial charge in [0.15, 0.2) is 0 Å². The van der Waals surface area contributed by atoms with Crippen LogP contribution < -0.4 is 38.9 Å². The van der Waals surface area contributed by atoms with Crippen LogP contribution in [-0.2, 0) is 5.88 Å². The summed E-state index contributed by atoms with van der Waals surface area (Å²) >= 11 is 5.70. The summed E-state index contributed by atoms with van der Waals surface area (Å²) in [5.74, 6) is 1.47. The van der Waals surface area contributed by atoms with Gasteiger partial charge in [-0.25, -0.2) is 0 Å². The van der Waals surface area contributed by atoms with E-state index >= 15 is 0 Å². The average molecular weight is 416 g/mol. The molecule has 0 spiro atoms. The lowest BCUT2D eigenvalue weighted by atomic mass is 10.2. The number of carboxylic acid groups (broad SMARTS) is 2. The molecule has 116 valence electrons. The van der Waals surface area contributed by atoms with E-state index in [4.69, 9.17) is 31.3 Å². The van der Waals surface area contributed by atoms with Gasteiger partial charge in [0, 0.05) is 5.88 Å². The summed E-state index contributed by atoms with van der Waals surface area (Å²) in [5, 5.41) is 16.7. The van der Waals surface area contributed by atoms with E-state index < -0.39 is 6.16 Å². The van der Waals surface area contributed by atoms with Gasteiger partial charge in [-0.3, -0.25) is 0 Å². The predicted octanol–water partition coefficient (Wildman–Crippen LogP) is -2.93. The summed E-state index contributed by atoms with van der Waals surface area (Å²) in [4.78, 5) is 8.33. The van der Waals surface area contributed by atoms with E-state index in [0.717, 1.165) is 28.9 Å². The third kappa shape index (κ3) is 13.7. The van der Waals surface area contributed by atoms with E-state index in [9.17, 15) is 0 Å². The maximum Gasteiger partial charge on any atom is 0.137 e. The fourth-order valence-electron chi connectivity index (χ4n) is 1.11. The highest BCUT2D eigenvalue weighted by atomic mass is 127. The summed E-state index contributed by atoms with van der Waals surface area (Å²) in [5.41, 5.74) is 1.12. The SMILES string of the molecule is C[N+](C)(C)CCOc1ccc(CCl)cc1.O=C([O-])[O-].[I-]. The van der Waals surface area contributed by atoms with E-state index in [1.54, 1.807) is 0 Å². The molecule has 0 heterocycles. The number of hydrogen-bond donors (Lipinski definition) is 0. The number of quaternary nitrogens is 1. The number of ether oxygens (including phenoxy) is 1. The molecule has 0 aliphatic rings. The molecular formula is C13H19ClINO4-2. The van der Waals surface area contributed by atoms with Gasteiger partial charge in [-0.2, -0.15) is 0 Å². The first-order valence-corrected chi connectivity index (χ1v) is 6.24. The van der Waals surface area contributed by atoms with Crippen molar-refractivity contribution in [3.8, 4) is 5.75 Å². The van der Waals surface area contributed by atoms with Gasteiger partial charge in [-0.05, 0) is 23.9 Å². The van der Waals surface area contributed by atoms with Crippen molar-refractivity contribution in [2.24, 2.45) is 0 Å². The second kappa shape index (κ2) is 11.0. The van der Waals surface area contributed by atoms with Gasteiger partial charge in [-0.1, -0.05) is 12.1 Å². The molecule has 5 nitrogen and oxygen atoms in total. The normalized spacial score (nSPS) is 9.80. The van der Waals surface area contributed by atoms with E-state index in [1.807, 2.05) is 24.3 Å².